The number of rotatable bonds is 5. The lowest BCUT2D eigenvalue weighted by Crippen LogP contribution is -2.15. The summed E-state index contributed by atoms with van der Waals surface area (Å²) in [5, 5.41) is 6.75. The average molecular weight is 251 g/mol. The van der Waals surface area contributed by atoms with E-state index >= 15 is 0 Å². The van der Waals surface area contributed by atoms with E-state index in [0.717, 1.165) is 5.56 Å². The van der Waals surface area contributed by atoms with Crippen LogP contribution in [0.3, 0.4) is 0 Å². The van der Waals surface area contributed by atoms with Crippen LogP contribution in [0.5, 0.6) is 0 Å². The van der Waals surface area contributed by atoms with Crippen molar-refractivity contribution in [2.24, 2.45) is 0 Å². The van der Waals surface area contributed by atoms with Crippen molar-refractivity contribution in [3.05, 3.63) is 35.4 Å². The van der Waals surface area contributed by atoms with Gasteiger partial charge in [-0.05, 0) is 13.0 Å². The number of hydrogen-bond donors (Lipinski definition) is 1. The zero-order chi connectivity index (χ0) is 13.0. The van der Waals surface area contributed by atoms with Crippen LogP contribution in [0.25, 0.3) is 0 Å². The summed E-state index contributed by atoms with van der Waals surface area (Å²) in [6.07, 6.45) is 1.44. The molecule has 1 N–H and O–H groups in total. The van der Waals surface area contributed by atoms with Crippen molar-refractivity contribution >= 4 is 5.97 Å². The van der Waals surface area contributed by atoms with Crippen molar-refractivity contribution in [2.45, 2.75) is 20.0 Å². The van der Waals surface area contributed by atoms with Crippen LogP contribution in [0.15, 0.2) is 21.3 Å². The smallest absolute Gasteiger partial charge is 0.374 e. The fourth-order valence-electron chi connectivity index (χ4n) is 1.46. The molecule has 0 aliphatic heterocycles. The molecule has 0 unspecified atom stereocenters. The first kappa shape index (κ1) is 12.3. The minimum atomic E-state index is -0.495. The monoisotopic (exact) mass is 251 g/mol. The third-order valence-electron chi connectivity index (χ3n) is 2.28. The van der Waals surface area contributed by atoms with Gasteiger partial charge in [0, 0.05) is 12.1 Å². The Morgan fingerprint density at radius 1 is 1.50 bits per heavy atom. The van der Waals surface area contributed by atoms with Crippen molar-refractivity contribution in [1.82, 2.24) is 15.5 Å². The molecule has 0 aliphatic carbocycles. The molecule has 0 saturated carbocycles. The Kier molecular flexibility index (Phi) is 3.73. The number of ether oxygens (including phenoxy) is 1. The topological polar surface area (TPSA) is 90.4 Å². The zero-order valence-corrected chi connectivity index (χ0v) is 10.1. The van der Waals surface area contributed by atoms with E-state index in [4.69, 9.17) is 8.94 Å². The quantitative estimate of drug-likeness (QED) is 0.794. The van der Waals surface area contributed by atoms with Crippen molar-refractivity contribution in [2.75, 3.05) is 7.11 Å². The number of hydrogen-bond acceptors (Lipinski definition) is 7. The SMILES string of the molecule is COC(=O)c1occc1CNCc1nc(C)no1. The lowest BCUT2D eigenvalue weighted by Gasteiger charge is -2.01. The highest BCUT2D eigenvalue weighted by Gasteiger charge is 2.15. The molecule has 96 valence electrons. The maximum atomic E-state index is 11.3. The summed E-state index contributed by atoms with van der Waals surface area (Å²) in [5.41, 5.74) is 0.720. The van der Waals surface area contributed by atoms with Crippen LogP contribution in [0.4, 0.5) is 0 Å². The van der Waals surface area contributed by atoms with Gasteiger partial charge >= 0.3 is 5.97 Å². The van der Waals surface area contributed by atoms with Crippen LogP contribution in [-0.2, 0) is 17.8 Å². The maximum absolute atomic E-state index is 11.3. The molecule has 0 aliphatic rings. The van der Waals surface area contributed by atoms with Gasteiger partial charge in [0.2, 0.25) is 11.7 Å². The van der Waals surface area contributed by atoms with E-state index in [9.17, 15) is 4.79 Å². The highest BCUT2D eigenvalue weighted by Crippen LogP contribution is 2.11. The summed E-state index contributed by atoms with van der Waals surface area (Å²) in [7, 11) is 1.31. The third kappa shape index (κ3) is 2.75. The minimum absolute atomic E-state index is 0.201. The summed E-state index contributed by atoms with van der Waals surface area (Å²) in [4.78, 5) is 15.4. The van der Waals surface area contributed by atoms with Gasteiger partial charge in [-0.25, -0.2) is 4.79 Å². The fourth-order valence-corrected chi connectivity index (χ4v) is 1.46. The molecule has 0 aromatic carbocycles. The summed E-state index contributed by atoms with van der Waals surface area (Å²) in [6, 6.07) is 1.71. The van der Waals surface area contributed by atoms with E-state index in [2.05, 4.69) is 20.2 Å². The molecule has 0 amide bonds. The fraction of sp³-hybridized carbons (Fsp3) is 0.364. The molecule has 0 fully saturated rings. The molecular weight excluding hydrogens is 238 g/mol. The van der Waals surface area contributed by atoms with E-state index in [1.54, 1.807) is 13.0 Å². The summed E-state index contributed by atoms with van der Waals surface area (Å²) in [6.45, 7) is 2.62. The summed E-state index contributed by atoms with van der Waals surface area (Å²) < 4.78 is 14.6. The largest absolute Gasteiger partial charge is 0.463 e. The van der Waals surface area contributed by atoms with Gasteiger partial charge < -0.3 is 19.0 Å². The van der Waals surface area contributed by atoms with Crippen molar-refractivity contribution in [3.8, 4) is 0 Å². The van der Waals surface area contributed by atoms with Gasteiger partial charge in [0.05, 0.1) is 19.9 Å². The van der Waals surface area contributed by atoms with Crippen LogP contribution in [0.1, 0.15) is 27.8 Å². The number of esters is 1. The Balaban J connectivity index is 1.90. The second kappa shape index (κ2) is 5.46. The van der Waals surface area contributed by atoms with E-state index in [1.807, 2.05) is 0 Å². The average Bonchev–Trinajstić information content (AvgIpc) is 2.98. The first-order valence-corrected chi connectivity index (χ1v) is 5.35. The molecule has 0 atom stereocenters. The van der Waals surface area contributed by atoms with E-state index in [-0.39, 0.29) is 5.76 Å². The Hall–Kier alpha value is -2.15. The molecular formula is C11H13N3O4. The normalized spacial score (nSPS) is 10.6. The molecule has 0 saturated heterocycles. The lowest BCUT2D eigenvalue weighted by atomic mass is 10.2. The third-order valence-corrected chi connectivity index (χ3v) is 2.28. The van der Waals surface area contributed by atoms with E-state index in [0.29, 0.717) is 24.8 Å². The Morgan fingerprint density at radius 3 is 3.00 bits per heavy atom. The van der Waals surface area contributed by atoms with Gasteiger partial charge in [-0.1, -0.05) is 5.16 Å². The molecule has 2 aromatic rings. The van der Waals surface area contributed by atoms with Crippen LogP contribution in [0, 0.1) is 6.92 Å². The van der Waals surface area contributed by atoms with Crippen LogP contribution < -0.4 is 5.32 Å². The highest BCUT2D eigenvalue weighted by atomic mass is 16.5. The van der Waals surface area contributed by atoms with Gasteiger partial charge in [-0.15, -0.1) is 0 Å². The zero-order valence-electron chi connectivity index (χ0n) is 10.1. The number of aryl methyl sites for hydroxylation is 1. The number of methoxy groups -OCH3 is 1. The number of nitrogens with zero attached hydrogens (tertiary/aromatic N) is 2. The number of furan rings is 1. The standard InChI is InChI=1S/C11H13N3O4/c1-7-13-9(18-14-7)6-12-5-8-3-4-17-10(8)11(15)16-2/h3-4,12H,5-6H2,1-2H3. The molecule has 2 heterocycles. The van der Waals surface area contributed by atoms with E-state index < -0.39 is 5.97 Å². The second-order valence-electron chi connectivity index (χ2n) is 3.61. The Bertz CT molecular complexity index is 532. The molecule has 0 bridgehead atoms. The van der Waals surface area contributed by atoms with E-state index in [1.165, 1.54) is 13.4 Å². The molecule has 0 spiro atoms. The molecule has 0 radical (unpaired) electrons. The Morgan fingerprint density at radius 2 is 2.33 bits per heavy atom. The first-order chi connectivity index (χ1) is 8.70. The van der Waals surface area contributed by atoms with Gasteiger partial charge in [0.1, 0.15) is 0 Å². The predicted molar refractivity (Wildman–Crippen MR) is 59.6 cm³/mol. The molecule has 18 heavy (non-hydrogen) atoms. The van der Waals surface area contributed by atoms with Gasteiger partial charge in [0.15, 0.2) is 5.82 Å². The second-order valence-corrected chi connectivity index (χ2v) is 3.61. The van der Waals surface area contributed by atoms with Crippen molar-refractivity contribution < 1.29 is 18.5 Å². The van der Waals surface area contributed by atoms with Gasteiger partial charge in [-0.2, -0.15) is 4.98 Å². The molecule has 2 aromatic heterocycles. The first-order valence-electron chi connectivity index (χ1n) is 5.35. The van der Waals surface area contributed by atoms with Crippen LogP contribution >= 0.6 is 0 Å². The van der Waals surface area contributed by atoms with Crippen LogP contribution in [-0.4, -0.2) is 23.2 Å². The number of carbonyl (C=O) groups excluding carboxylic acids is 1. The molecule has 2 rings (SSSR count). The molecule has 7 nitrogen and oxygen atoms in total. The number of nitrogens with one attached hydrogen (secondary N) is 1. The highest BCUT2D eigenvalue weighted by molar-refractivity contribution is 5.87. The van der Waals surface area contributed by atoms with Crippen molar-refractivity contribution in [3.63, 3.8) is 0 Å². The van der Waals surface area contributed by atoms with Crippen LogP contribution in [0.2, 0.25) is 0 Å². The maximum Gasteiger partial charge on any atom is 0.374 e. The lowest BCUT2D eigenvalue weighted by molar-refractivity contribution is 0.0563. The van der Waals surface area contributed by atoms with Gasteiger partial charge in [-0.3, -0.25) is 0 Å². The number of carbonyl (C=O) groups is 1. The predicted octanol–water partition coefficient (Wildman–Crippen LogP) is 1.05. The van der Waals surface area contributed by atoms with Gasteiger partial charge in [0.25, 0.3) is 0 Å². The Labute approximate surface area is 103 Å². The summed E-state index contributed by atoms with van der Waals surface area (Å²) in [5.74, 6) is 0.790. The summed E-state index contributed by atoms with van der Waals surface area (Å²) >= 11 is 0. The molecule has 7 heteroatoms. The minimum Gasteiger partial charge on any atom is -0.463 e. The van der Waals surface area contributed by atoms with Crippen molar-refractivity contribution in [1.29, 1.82) is 0 Å². The number of aromatic nitrogens is 2.